The second-order valence-corrected chi connectivity index (χ2v) is 1.54. The van der Waals surface area contributed by atoms with Gasteiger partial charge in [0.1, 0.15) is 6.26 Å². The van der Waals surface area contributed by atoms with Gasteiger partial charge < -0.3 is 9.52 Å². The molecule has 0 saturated heterocycles. The highest BCUT2D eigenvalue weighted by molar-refractivity contribution is 5.84. The van der Waals surface area contributed by atoms with Crippen molar-refractivity contribution in [2.24, 2.45) is 0 Å². The Hall–Kier alpha value is -1.58. The molecule has 0 unspecified atom stereocenters. The lowest BCUT2D eigenvalue weighted by atomic mass is 10.5. The van der Waals surface area contributed by atoms with E-state index in [9.17, 15) is 4.79 Å². The van der Waals surface area contributed by atoms with E-state index in [1.54, 1.807) is 0 Å². The molecule has 0 bridgehead atoms. The fourth-order valence-corrected chi connectivity index (χ4v) is 0.459. The maximum Gasteiger partial charge on any atom is 0.328 e. The van der Waals surface area contributed by atoms with Gasteiger partial charge in [-0.2, -0.15) is 0 Å². The predicted octanol–water partition coefficient (Wildman–Crippen LogP) is 0.772. The molecule has 0 saturated carbocycles. The van der Waals surface area contributed by atoms with Crippen molar-refractivity contribution in [3.63, 3.8) is 0 Å². The Bertz CT molecular complexity index is 238. The molecule has 10 heavy (non-hydrogen) atoms. The molecule has 0 aliphatic heterocycles. The molecule has 1 aromatic rings. The highest BCUT2D eigenvalue weighted by atomic mass is 16.4. The highest BCUT2D eigenvalue weighted by Gasteiger charge is 1.90. The number of carbonyl (C=O) groups is 1. The van der Waals surface area contributed by atoms with Crippen LogP contribution in [0.4, 0.5) is 0 Å². The Morgan fingerprint density at radius 3 is 3.10 bits per heavy atom. The summed E-state index contributed by atoms with van der Waals surface area (Å²) in [6, 6.07) is 0. The van der Waals surface area contributed by atoms with Crippen molar-refractivity contribution in [3.8, 4) is 0 Å². The average molecular weight is 139 g/mol. The van der Waals surface area contributed by atoms with Crippen molar-refractivity contribution in [1.82, 2.24) is 4.98 Å². The van der Waals surface area contributed by atoms with Crippen LogP contribution < -0.4 is 0 Å². The van der Waals surface area contributed by atoms with Crippen molar-refractivity contribution in [2.45, 2.75) is 0 Å². The molecule has 1 rings (SSSR count). The summed E-state index contributed by atoms with van der Waals surface area (Å²) in [7, 11) is 0. The standard InChI is InChI=1S/C6H5NO3/c8-6(9)2-1-5-7-3-4-10-5/h1-4H,(H,8,9). The Morgan fingerprint density at radius 1 is 1.80 bits per heavy atom. The third-order valence-electron chi connectivity index (χ3n) is 0.820. The maximum absolute atomic E-state index is 9.94. The molecule has 52 valence electrons. The summed E-state index contributed by atoms with van der Waals surface area (Å²) in [4.78, 5) is 13.6. The van der Waals surface area contributed by atoms with Crippen molar-refractivity contribution in [3.05, 3.63) is 24.4 Å². The molecule has 0 aliphatic rings. The molecule has 4 heteroatoms. The molecule has 0 radical (unpaired) electrons. The lowest BCUT2D eigenvalue weighted by Gasteiger charge is -1.77. The first-order valence-electron chi connectivity index (χ1n) is 2.59. The minimum atomic E-state index is -1.02. The normalized spacial score (nSPS) is 10.4. The zero-order chi connectivity index (χ0) is 7.40. The van der Waals surface area contributed by atoms with Crippen LogP contribution in [-0.4, -0.2) is 16.1 Å². The number of carboxylic acid groups (broad SMARTS) is 1. The van der Waals surface area contributed by atoms with Crippen LogP contribution in [0.2, 0.25) is 0 Å². The second kappa shape index (κ2) is 2.82. The maximum atomic E-state index is 9.94. The quantitative estimate of drug-likeness (QED) is 0.614. The van der Waals surface area contributed by atoms with E-state index in [4.69, 9.17) is 9.52 Å². The average Bonchev–Trinajstić information content (AvgIpc) is 2.34. The van der Waals surface area contributed by atoms with Crippen LogP contribution in [-0.2, 0) is 4.79 Å². The third kappa shape index (κ3) is 1.74. The van der Waals surface area contributed by atoms with Crippen LogP contribution in [0.25, 0.3) is 6.08 Å². The molecule has 0 fully saturated rings. The number of oxazole rings is 1. The molecule has 0 spiro atoms. The van der Waals surface area contributed by atoms with E-state index in [0.29, 0.717) is 5.89 Å². The summed E-state index contributed by atoms with van der Waals surface area (Å²) in [5, 5.41) is 8.16. The zero-order valence-corrected chi connectivity index (χ0v) is 5.02. The summed E-state index contributed by atoms with van der Waals surface area (Å²) in [6.07, 6.45) is 5.07. The largest absolute Gasteiger partial charge is 0.478 e. The first-order chi connectivity index (χ1) is 4.79. The molecule has 0 aliphatic carbocycles. The van der Waals surface area contributed by atoms with Gasteiger partial charge in [0, 0.05) is 12.2 Å². The molecule has 0 aromatic carbocycles. The fraction of sp³-hybridized carbons (Fsp3) is 0. The van der Waals surface area contributed by atoms with E-state index in [0.717, 1.165) is 6.08 Å². The van der Waals surface area contributed by atoms with Gasteiger partial charge in [-0.1, -0.05) is 0 Å². The number of aliphatic carboxylic acids is 1. The molecule has 0 amide bonds. The van der Waals surface area contributed by atoms with E-state index < -0.39 is 5.97 Å². The van der Waals surface area contributed by atoms with Gasteiger partial charge in [0.15, 0.2) is 0 Å². The summed E-state index contributed by atoms with van der Waals surface area (Å²) < 4.78 is 4.72. The first kappa shape index (κ1) is 6.54. The van der Waals surface area contributed by atoms with Crippen LogP contribution >= 0.6 is 0 Å². The number of aromatic nitrogens is 1. The van der Waals surface area contributed by atoms with Gasteiger partial charge in [-0.15, -0.1) is 0 Å². The monoisotopic (exact) mass is 139 g/mol. The van der Waals surface area contributed by atoms with E-state index in [1.165, 1.54) is 18.5 Å². The number of rotatable bonds is 2. The van der Waals surface area contributed by atoms with Crippen LogP contribution in [0, 0.1) is 0 Å². The number of hydrogen-bond acceptors (Lipinski definition) is 3. The van der Waals surface area contributed by atoms with E-state index in [2.05, 4.69) is 4.98 Å². The SMILES string of the molecule is O=C(O)C=Cc1ncco1. The summed E-state index contributed by atoms with van der Waals surface area (Å²) in [5.41, 5.74) is 0. The van der Waals surface area contributed by atoms with E-state index in [1.807, 2.05) is 0 Å². The third-order valence-corrected chi connectivity index (χ3v) is 0.820. The number of nitrogens with zero attached hydrogens (tertiary/aromatic N) is 1. The molecule has 0 atom stereocenters. The van der Waals surface area contributed by atoms with Crippen molar-refractivity contribution >= 4 is 12.0 Å². The molecule has 1 aromatic heterocycles. The van der Waals surface area contributed by atoms with Gasteiger partial charge in [0.2, 0.25) is 5.89 Å². The van der Waals surface area contributed by atoms with Crippen LogP contribution in [0.1, 0.15) is 5.89 Å². The van der Waals surface area contributed by atoms with Gasteiger partial charge in [0.05, 0.1) is 6.20 Å². The Labute approximate surface area is 56.8 Å². The topological polar surface area (TPSA) is 63.3 Å². The van der Waals surface area contributed by atoms with Crippen LogP contribution in [0.3, 0.4) is 0 Å². The summed E-state index contributed by atoms with van der Waals surface area (Å²) >= 11 is 0. The predicted molar refractivity (Wildman–Crippen MR) is 33.2 cm³/mol. The fourth-order valence-electron chi connectivity index (χ4n) is 0.459. The summed E-state index contributed by atoms with van der Waals surface area (Å²) in [6.45, 7) is 0. The van der Waals surface area contributed by atoms with Crippen LogP contribution in [0.5, 0.6) is 0 Å². The smallest absolute Gasteiger partial charge is 0.328 e. The van der Waals surface area contributed by atoms with E-state index >= 15 is 0 Å². The minimum Gasteiger partial charge on any atom is -0.478 e. The Morgan fingerprint density at radius 2 is 2.60 bits per heavy atom. The molecular formula is C6H5NO3. The second-order valence-electron chi connectivity index (χ2n) is 1.54. The number of carboxylic acids is 1. The van der Waals surface area contributed by atoms with E-state index in [-0.39, 0.29) is 0 Å². The van der Waals surface area contributed by atoms with Crippen molar-refractivity contribution < 1.29 is 14.3 Å². The molecular weight excluding hydrogens is 134 g/mol. The van der Waals surface area contributed by atoms with Gasteiger partial charge in [-0.3, -0.25) is 0 Å². The van der Waals surface area contributed by atoms with Crippen molar-refractivity contribution in [1.29, 1.82) is 0 Å². The number of hydrogen-bond donors (Lipinski definition) is 1. The first-order valence-corrected chi connectivity index (χ1v) is 2.59. The summed E-state index contributed by atoms with van der Waals surface area (Å²) in [5.74, 6) is -0.722. The van der Waals surface area contributed by atoms with Crippen molar-refractivity contribution in [2.75, 3.05) is 0 Å². The minimum absolute atomic E-state index is 0.294. The molecule has 1 N–H and O–H groups in total. The van der Waals surface area contributed by atoms with Crippen LogP contribution in [0.15, 0.2) is 23.0 Å². The Kier molecular flexibility index (Phi) is 1.84. The van der Waals surface area contributed by atoms with Gasteiger partial charge in [-0.05, 0) is 0 Å². The zero-order valence-electron chi connectivity index (χ0n) is 5.02. The van der Waals surface area contributed by atoms with Gasteiger partial charge >= 0.3 is 5.97 Å². The Balaban J connectivity index is 2.64. The molecule has 1 heterocycles. The van der Waals surface area contributed by atoms with Gasteiger partial charge in [-0.25, -0.2) is 9.78 Å². The lowest BCUT2D eigenvalue weighted by Crippen LogP contribution is -1.85. The highest BCUT2D eigenvalue weighted by Crippen LogP contribution is 1.95. The van der Waals surface area contributed by atoms with Gasteiger partial charge in [0.25, 0.3) is 0 Å². The lowest BCUT2D eigenvalue weighted by molar-refractivity contribution is -0.131. The molecule has 4 nitrogen and oxygen atoms in total.